The van der Waals surface area contributed by atoms with Gasteiger partial charge in [0.15, 0.2) is 0 Å². The maximum absolute atomic E-state index is 11.1. The molecule has 1 N–H and O–H groups in total. The van der Waals surface area contributed by atoms with Crippen LogP contribution in [0.5, 0.6) is 0 Å². The summed E-state index contributed by atoms with van der Waals surface area (Å²) in [5.41, 5.74) is 1.16. The molecular formula is C13H15NO2S. The van der Waals surface area contributed by atoms with E-state index in [1.807, 2.05) is 6.92 Å². The maximum atomic E-state index is 11.1. The van der Waals surface area contributed by atoms with E-state index in [-0.39, 0.29) is 0 Å². The number of aromatic carboxylic acids is 1. The summed E-state index contributed by atoms with van der Waals surface area (Å²) >= 11 is 1.55. The molecule has 0 amide bonds. The van der Waals surface area contributed by atoms with Crippen LogP contribution >= 0.6 is 11.8 Å². The molecule has 0 bridgehead atoms. The van der Waals surface area contributed by atoms with Crippen molar-refractivity contribution >= 4 is 17.7 Å². The minimum Gasteiger partial charge on any atom is -0.478 e. The molecule has 1 atom stereocenters. The molecule has 0 spiro atoms. The molecule has 0 saturated heterocycles. The first-order chi connectivity index (χ1) is 8.16. The highest BCUT2D eigenvalue weighted by molar-refractivity contribution is 8.00. The zero-order valence-corrected chi connectivity index (χ0v) is 10.5. The van der Waals surface area contributed by atoms with Gasteiger partial charge in [-0.05, 0) is 38.3 Å². The zero-order chi connectivity index (χ0) is 12.3. The van der Waals surface area contributed by atoms with Crippen molar-refractivity contribution in [1.82, 2.24) is 4.98 Å². The van der Waals surface area contributed by atoms with Gasteiger partial charge in [0.25, 0.3) is 0 Å². The van der Waals surface area contributed by atoms with E-state index in [1.165, 1.54) is 6.42 Å². The van der Waals surface area contributed by atoms with Crippen molar-refractivity contribution in [1.29, 1.82) is 0 Å². The Hall–Kier alpha value is -1.29. The van der Waals surface area contributed by atoms with E-state index in [1.54, 1.807) is 23.9 Å². The van der Waals surface area contributed by atoms with Crippen LogP contribution in [-0.2, 0) is 0 Å². The van der Waals surface area contributed by atoms with E-state index in [2.05, 4.69) is 17.1 Å². The van der Waals surface area contributed by atoms with Gasteiger partial charge in [-0.1, -0.05) is 23.9 Å². The van der Waals surface area contributed by atoms with Crippen LogP contribution in [0.1, 0.15) is 35.3 Å². The van der Waals surface area contributed by atoms with Gasteiger partial charge in [0.05, 0.1) is 5.56 Å². The molecule has 1 aromatic rings. The Morgan fingerprint density at radius 2 is 2.35 bits per heavy atom. The average Bonchev–Trinajstić information content (AvgIpc) is 2.30. The summed E-state index contributed by atoms with van der Waals surface area (Å²) in [4.78, 5) is 15.4. The van der Waals surface area contributed by atoms with E-state index in [0.717, 1.165) is 18.5 Å². The van der Waals surface area contributed by atoms with Crippen LogP contribution in [0.4, 0.5) is 0 Å². The number of rotatable bonds is 3. The lowest BCUT2D eigenvalue weighted by Crippen LogP contribution is -2.07. The Kier molecular flexibility index (Phi) is 3.84. The SMILES string of the molecule is Cc1ccc(C(=O)O)c(S[C@@H]2C=CCCC2)n1. The summed E-state index contributed by atoms with van der Waals surface area (Å²) in [6.45, 7) is 1.88. The summed E-state index contributed by atoms with van der Waals surface area (Å²) in [5, 5.41) is 10.1. The Morgan fingerprint density at radius 1 is 1.53 bits per heavy atom. The molecule has 0 radical (unpaired) electrons. The minimum absolute atomic E-state index is 0.305. The van der Waals surface area contributed by atoms with Gasteiger partial charge in [0, 0.05) is 10.9 Å². The van der Waals surface area contributed by atoms with Gasteiger partial charge in [0.2, 0.25) is 0 Å². The number of allylic oxidation sites excluding steroid dienone is 1. The Morgan fingerprint density at radius 3 is 3.00 bits per heavy atom. The third kappa shape index (κ3) is 3.09. The second kappa shape index (κ2) is 5.36. The molecule has 1 aliphatic carbocycles. The monoisotopic (exact) mass is 249 g/mol. The van der Waals surface area contributed by atoms with Gasteiger partial charge in [-0.2, -0.15) is 0 Å². The Balaban J connectivity index is 2.23. The summed E-state index contributed by atoms with van der Waals surface area (Å²) in [7, 11) is 0. The fraction of sp³-hybridized carbons (Fsp3) is 0.385. The van der Waals surface area contributed by atoms with Crippen molar-refractivity contribution in [3.8, 4) is 0 Å². The minimum atomic E-state index is -0.903. The van der Waals surface area contributed by atoms with Gasteiger partial charge in [-0.15, -0.1) is 0 Å². The fourth-order valence-corrected chi connectivity index (χ4v) is 3.05. The summed E-state index contributed by atoms with van der Waals surface area (Å²) in [5.74, 6) is -0.903. The molecule has 1 aliphatic rings. The molecule has 3 nitrogen and oxygen atoms in total. The van der Waals surface area contributed by atoms with E-state index in [9.17, 15) is 4.79 Å². The number of aromatic nitrogens is 1. The lowest BCUT2D eigenvalue weighted by Gasteiger charge is -2.16. The summed E-state index contributed by atoms with van der Waals surface area (Å²) in [6.07, 6.45) is 7.71. The first-order valence-corrected chi connectivity index (χ1v) is 6.59. The molecule has 0 aliphatic heterocycles. The lowest BCUT2D eigenvalue weighted by molar-refractivity contribution is 0.0692. The number of aryl methyl sites for hydroxylation is 1. The van der Waals surface area contributed by atoms with Gasteiger partial charge in [-0.25, -0.2) is 9.78 Å². The van der Waals surface area contributed by atoms with E-state index in [0.29, 0.717) is 15.8 Å². The Labute approximate surface area is 105 Å². The standard InChI is InChI=1S/C13H15NO2S/c1-9-7-8-11(13(15)16)12(14-9)17-10-5-3-2-4-6-10/h3,5,7-8,10H,2,4,6H2,1H3,(H,15,16)/t10-/m1/s1. The van der Waals surface area contributed by atoms with Gasteiger partial charge in [-0.3, -0.25) is 0 Å². The number of hydrogen-bond donors (Lipinski definition) is 1. The van der Waals surface area contributed by atoms with Crippen LogP contribution in [0.3, 0.4) is 0 Å². The number of thioether (sulfide) groups is 1. The van der Waals surface area contributed by atoms with Crippen LogP contribution in [-0.4, -0.2) is 21.3 Å². The van der Waals surface area contributed by atoms with E-state index >= 15 is 0 Å². The van der Waals surface area contributed by atoms with Crippen molar-refractivity contribution in [3.63, 3.8) is 0 Å². The highest BCUT2D eigenvalue weighted by atomic mass is 32.2. The second-order valence-electron chi connectivity index (χ2n) is 4.13. The molecule has 1 aromatic heterocycles. The number of carboxylic acids is 1. The fourth-order valence-electron chi connectivity index (χ4n) is 1.81. The highest BCUT2D eigenvalue weighted by Gasteiger charge is 2.17. The van der Waals surface area contributed by atoms with Crippen molar-refractivity contribution < 1.29 is 9.90 Å². The van der Waals surface area contributed by atoms with Crippen molar-refractivity contribution in [2.75, 3.05) is 0 Å². The van der Waals surface area contributed by atoms with Gasteiger partial charge in [0.1, 0.15) is 5.03 Å². The number of carbonyl (C=O) groups is 1. The van der Waals surface area contributed by atoms with Crippen LogP contribution < -0.4 is 0 Å². The van der Waals surface area contributed by atoms with Crippen LogP contribution in [0.2, 0.25) is 0 Å². The third-order valence-corrected chi connectivity index (χ3v) is 3.93. The molecule has 0 aromatic carbocycles. The normalized spacial score (nSPS) is 19.2. The molecule has 0 unspecified atom stereocenters. The predicted octanol–water partition coefficient (Wildman–Crippen LogP) is 3.29. The predicted molar refractivity (Wildman–Crippen MR) is 68.6 cm³/mol. The second-order valence-corrected chi connectivity index (χ2v) is 5.35. The zero-order valence-electron chi connectivity index (χ0n) is 9.72. The number of pyridine rings is 1. The average molecular weight is 249 g/mol. The summed E-state index contributed by atoms with van der Waals surface area (Å²) < 4.78 is 0. The molecule has 1 heterocycles. The third-order valence-electron chi connectivity index (χ3n) is 2.70. The lowest BCUT2D eigenvalue weighted by atomic mass is 10.1. The van der Waals surface area contributed by atoms with Crippen molar-refractivity contribution in [2.45, 2.75) is 36.5 Å². The molecular weight excluding hydrogens is 234 g/mol. The van der Waals surface area contributed by atoms with Crippen LogP contribution in [0, 0.1) is 6.92 Å². The van der Waals surface area contributed by atoms with Crippen molar-refractivity contribution in [2.24, 2.45) is 0 Å². The smallest absolute Gasteiger partial charge is 0.338 e. The van der Waals surface area contributed by atoms with Gasteiger partial charge < -0.3 is 5.11 Å². The first kappa shape index (κ1) is 12.2. The molecule has 17 heavy (non-hydrogen) atoms. The largest absolute Gasteiger partial charge is 0.478 e. The Bertz CT molecular complexity index is 457. The highest BCUT2D eigenvalue weighted by Crippen LogP contribution is 2.31. The number of nitrogens with zero attached hydrogens (tertiary/aromatic N) is 1. The molecule has 4 heteroatoms. The van der Waals surface area contributed by atoms with E-state index < -0.39 is 5.97 Å². The topological polar surface area (TPSA) is 50.2 Å². The molecule has 2 rings (SSSR count). The van der Waals surface area contributed by atoms with E-state index in [4.69, 9.17) is 5.11 Å². The molecule has 90 valence electrons. The number of carboxylic acid groups (broad SMARTS) is 1. The van der Waals surface area contributed by atoms with Crippen LogP contribution in [0.15, 0.2) is 29.3 Å². The van der Waals surface area contributed by atoms with Crippen LogP contribution in [0.25, 0.3) is 0 Å². The van der Waals surface area contributed by atoms with Gasteiger partial charge >= 0.3 is 5.97 Å². The van der Waals surface area contributed by atoms with Crippen molar-refractivity contribution in [3.05, 3.63) is 35.5 Å². The molecule has 0 saturated carbocycles. The quantitative estimate of drug-likeness (QED) is 0.835. The first-order valence-electron chi connectivity index (χ1n) is 5.71. The maximum Gasteiger partial charge on any atom is 0.338 e. The number of hydrogen-bond acceptors (Lipinski definition) is 3. The molecule has 0 fully saturated rings. The summed E-state index contributed by atoms with van der Waals surface area (Å²) in [6, 6.07) is 3.38.